The molecule has 0 bridgehead atoms. The van der Waals surface area contributed by atoms with E-state index in [0.29, 0.717) is 0 Å². The Morgan fingerprint density at radius 1 is 0.769 bits per heavy atom. The van der Waals surface area contributed by atoms with Crippen LogP contribution in [0.5, 0.6) is 0 Å². The molecule has 3 heteroatoms. The quantitative estimate of drug-likeness (QED) is 0.315. The molecule has 1 heterocycles. The predicted molar refractivity (Wildman–Crippen MR) is 117 cm³/mol. The highest BCUT2D eigenvalue weighted by atomic mass is 15.2. The van der Waals surface area contributed by atoms with Crippen molar-refractivity contribution in [2.75, 3.05) is 32.7 Å². The van der Waals surface area contributed by atoms with Gasteiger partial charge in [0.25, 0.3) is 0 Å². The lowest BCUT2D eigenvalue weighted by atomic mass is 10.0. The van der Waals surface area contributed by atoms with E-state index in [0.717, 1.165) is 25.7 Å². The van der Waals surface area contributed by atoms with Crippen LogP contribution in [0.2, 0.25) is 0 Å². The van der Waals surface area contributed by atoms with Crippen LogP contribution < -0.4 is 11.1 Å². The number of nitrogens with zero attached hydrogens (tertiary/aromatic N) is 1. The van der Waals surface area contributed by atoms with Crippen LogP contribution in [0.25, 0.3) is 0 Å². The van der Waals surface area contributed by atoms with E-state index in [1.54, 1.807) is 0 Å². The van der Waals surface area contributed by atoms with E-state index in [4.69, 9.17) is 5.73 Å². The lowest BCUT2D eigenvalue weighted by molar-refractivity contribution is 0.154. The Morgan fingerprint density at radius 3 is 1.77 bits per heavy atom. The minimum Gasteiger partial charge on any atom is -0.329 e. The second-order valence-electron chi connectivity index (χ2n) is 8.42. The Hall–Kier alpha value is -0.120. The molecule has 0 amide bonds. The second-order valence-corrected chi connectivity index (χ2v) is 8.42. The Balaban J connectivity index is 1.79. The van der Waals surface area contributed by atoms with Gasteiger partial charge in [-0.05, 0) is 6.42 Å². The van der Waals surface area contributed by atoms with Crippen LogP contribution in [-0.4, -0.2) is 43.7 Å². The number of unbranched alkanes of at least 4 members (excludes halogenated alkanes) is 14. The molecule has 0 aliphatic carbocycles. The molecule has 0 aromatic carbocycles. The van der Waals surface area contributed by atoms with Crippen LogP contribution in [0, 0.1) is 0 Å². The average molecular weight is 368 g/mol. The summed E-state index contributed by atoms with van der Waals surface area (Å²) in [7, 11) is 0. The van der Waals surface area contributed by atoms with Crippen LogP contribution in [0.4, 0.5) is 0 Å². The first-order valence-corrected chi connectivity index (χ1v) is 12.0. The highest BCUT2D eigenvalue weighted by Gasteiger charge is 2.20. The minimum absolute atomic E-state index is 0.731. The second kappa shape index (κ2) is 18.3. The molecule has 0 aromatic rings. The first kappa shape index (κ1) is 23.9. The summed E-state index contributed by atoms with van der Waals surface area (Å²) in [6, 6.07) is 0.731. The van der Waals surface area contributed by atoms with Gasteiger partial charge in [0.15, 0.2) is 0 Å². The minimum atomic E-state index is 0.731. The molecule has 3 N–H and O–H groups in total. The van der Waals surface area contributed by atoms with Gasteiger partial charge in [0, 0.05) is 38.8 Å². The maximum absolute atomic E-state index is 5.75. The van der Waals surface area contributed by atoms with Crippen molar-refractivity contribution in [1.29, 1.82) is 0 Å². The van der Waals surface area contributed by atoms with Crippen molar-refractivity contribution >= 4 is 0 Å². The summed E-state index contributed by atoms with van der Waals surface area (Å²) in [5, 5.41) is 3.54. The van der Waals surface area contributed by atoms with Gasteiger partial charge in [-0.2, -0.15) is 0 Å². The van der Waals surface area contributed by atoms with Gasteiger partial charge >= 0.3 is 0 Å². The molecule has 156 valence electrons. The normalized spacial score (nSPS) is 18.5. The number of rotatable bonds is 18. The third-order valence-electron chi connectivity index (χ3n) is 6.03. The van der Waals surface area contributed by atoms with Crippen LogP contribution in [0.15, 0.2) is 0 Å². The first-order valence-electron chi connectivity index (χ1n) is 12.0. The van der Waals surface area contributed by atoms with Gasteiger partial charge in [-0.1, -0.05) is 103 Å². The molecule has 0 radical (unpaired) electrons. The van der Waals surface area contributed by atoms with E-state index in [-0.39, 0.29) is 0 Å². The molecule has 1 atom stereocenters. The SMILES string of the molecule is CCCCCCCCCCCCCCCCCC1CNCCN1CCN. The van der Waals surface area contributed by atoms with E-state index in [1.807, 2.05) is 0 Å². The highest BCUT2D eigenvalue weighted by molar-refractivity contribution is 4.79. The third kappa shape index (κ3) is 13.1. The molecule has 1 aliphatic heterocycles. The van der Waals surface area contributed by atoms with Crippen molar-refractivity contribution < 1.29 is 0 Å². The van der Waals surface area contributed by atoms with Crippen molar-refractivity contribution in [3.05, 3.63) is 0 Å². The van der Waals surface area contributed by atoms with E-state index in [2.05, 4.69) is 17.1 Å². The summed E-state index contributed by atoms with van der Waals surface area (Å²) in [5.41, 5.74) is 5.75. The number of hydrogen-bond acceptors (Lipinski definition) is 3. The van der Waals surface area contributed by atoms with Crippen LogP contribution >= 0.6 is 0 Å². The number of nitrogens with one attached hydrogen (secondary N) is 1. The van der Waals surface area contributed by atoms with Gasteiger partial charge in [-0.15, -0.1) is 0 Å². The largest absolute Gasteiger partial charge is 0.329 e. The zero-order valence-corrected chi connectivity index (χ0v) is 18.0. The maximum atomic E-state index is 5.75. The van der Waals surface area contributed by atoms with Crippen molar-refractivity contribution in [3.8, 4) is 0 Å². The number of piperazine rings is 1. The smallest absolute Gasteiger partial charge is 0.0221 e. The molecular weight excluding hydrogens is 318 g/mol. The molecule has 0 spiro atoms. The Labute approximate surface area is 164 Å². The van der Waals surface area contributed by atoms with E-state index >= 15 is 0 Å². The molecule has 26 heavy (non-hydrogen) atoms. The van der Waals surface area contributed by atoms with Gasteiger partial charge in [-0.3, -0.25) is 4.90 Å². The summed E-state index contributed by atoms with van der Waals surface area (Å²) in [4.78, 5) is 2.60. The zero-order valence-electron chi connectivity index (χ0n) is 18.0. The zero-order chi connectivity index (χ0) is 18.7. The summed E-state index contributed by atoms with van der Waals surface area (Å²) in [6.07, 6.45) is 23.1. The maximum Gasteiger partial charge on any atom is 0.0221 e. The van der Waals surface area contributed by atoms with Gasteiger partial charge in [0.2, 0.25) is 0 Å². The van der Waals surface area contributed by atoms with Gasteiger partial charge < -0.3 is 11.1 Å². The van der Waals surface area contributed by atoms with Crippen molar-refractivity contribution in [2.45, 2.75) is 116 Å². The Kier molecular flexibility index (Phi) is 16.8. The molecule has 0 saturated carbocycles. The standard InChI is InChI=1S/C23H49N3/c1-2-3-4-5-6-7-8-9-10-11-12-13-14-15-16-17-23-22-25-19-21-26(23)20-18-24/h23,25H,2-22,24H2,1H3. The molecule has 1 rings (SSSR count). The number of hydrogen-bond donors (Lipinski definition) is 2. The topological polar surface area (TPSA) is 41.3 Å². The fraction of sp³-hybridized carbons (Fsp3) is 1.00. The van der Waals surface area contributed by atoms with E-state index in [9.17, 15) is 0 Å². The fourth-order valence-electron chi connectivity index (χ4n) is 4.30. The lowest BCUT2D eigenvalue weighted by Gasteiger charge is -2.36. The molecule has 3 nitrogen and oxygen atoms in total. The van der Waals surface area contributed by atoms with E-state index < -0.39 is 0 Å². The molecule has 1 saturated heterocycles. The lowest BCUT2D eigenvalue weighted by Crippen LogP contribution is -2.52. The third-order valence-corrected chi connectivity index (χ3v) is 6.03. The summed E-state index contributed by atoms with van der Waals surface area (Å²) >= 11 is 0. The molecule has 1 aliphatic rings. The monoisotopic (exact) mass is 367 g/mol. The van der Waals surface area contributed by atoms with Gasteiger partial charge in [0.1, 0.15) is 0 Å². The molecule has 0 aromatic heterocycles. The number of nitrogens with two attached hydrogens (primary N) is 1. The van der Waals surface area contributed by atoms with Crippen molar-refractivity contribution in [2.24, 2.45) is 5.73 Å². The van der Waals surface area contributed by atoms with Gasteiger partial charge in [0.05, 0.1) is 0 Å². The molecule has 1 fully saturated rings. The van der Waals surface area contributed by atoms with E-state index in [1.165, 1.54) is 116 Å². The summed E-state index contributed by atoms with van der Waals surface area (Å²) < 4.78 is 0. The average Bonchev–Trinajstić information content (AvgIpc) is 2.66. The Bertz CT molecular complexity index is 281. The molecule has 1 unspecified atom stereocenters. The van der Waals surface area contributed by atoms with Crippen LogP contribution in [0.3, 0.4) is 0 Å². The summed E-state index contributed by atoms with van der Waals surface area (Å²) in [5.74, 6) is 0. The van der Waals surface area contributed by atoms with Gasteiger partial charge in [-0.25, -0.2) is 0 Å². The fourth-order valence-corrected chi connectivity index (χ4v) is 4.30. The van der Waals surface area contributed by atoms with Crippen molar-refractivity contribution in [1.82, 2.24) is 10.2 Å². The predicted octanol–water partition coefficient (Wildman–Crippen LogP) is 5.48. The molecular formula is C23H49N3. The van der Waals surface area contributed by atoms with Crippen LogP contribution in [0.1, 0.15) is 110 Å². The van der Waals surface area contributed by atoms with Crippen LogP contribution in [-0.2, 0) is 0 Å². The Morgan fingerprint density at radius 2 is 1.27 bits per heavy atom. The summed E-state index contributed by atoms with van der Waals surface area (Å²) in [6.45, 7) is 7.65. The first-order chi connectivity index (χ1) is 12.9. The highest BCUT2D eigenvalue weighted by Crippen LogP contribution is 2.15. The van der Waals surface area contributed by atoms with Crippen molar-refractivity contribution in [3.63, 3.8) is 0 Å².